The fraction of sp³-hybridized carbons (Fsp3) is 0.100. The van der Waals surface area contributed by atoms with Crippen LogP contribution in [0.1, 0.15) is 5.56 Å². The van der Waals surface area contributed by atoms with Crippen molar-refractivity contribution in [1.82, 2.24) is 4.57 Å². The molecule has 0 unspecified atom stereocenters. The van der Waals surface area contributed by atoms with E-state index in [9.17, 15) is 9.59 Å². The normalized spacial score (nSPS) is 10.3. The summed E-state index contributed by atoms with van der Waals surface area (Å²) in [5.41, 5.74) is 3.36. The second kappa shape index (κ2) is 7.49. The van der Waals surface area contributed by atoms with Gasteiger partial charge in [-0.1, -0.05) is 24.3 Å². The first-order valence-corrected chi connectivity index (χ1v) is 7.99. The van der Waals surface area contributed by atoms with E-state index >= 15 is 0 Å². The van der Waals surface area contributed by atoms with Gasteiger partial charge in [-0.25, -0.2) is 0 Å². The highest BCUT2D eigenvalue weighted by atomic mass is 16.2. The van der Waals surface area contributed by atoms with Crippen LogP contribution in [-0.4, -0.2) is 10.5 Å². The quantitative estimate of drug-likeness (QED) is 0.751. The molecule has 0 aliphatic carbocycles. The molecule has 2 aromatic carbocycles. The monoisotopic (exact) mass is 333 g/mol. The average Bonchev–Trinajstić information content (AvgIpc) is 2.61. The SMILES string of the molecule is Cc1ccc(=O)n(CC(=O)Nc2ccc(Nc3ccccc3)cc2)c1. The molecule has 0 saturated carbocycles. The molecule has 1 heterocycles. The van der Waals surface area contributed by atoms with Crippen molar-refractivity contribution < 1.29 is 4.79 Å². The van der Waals surface area contributed by atoms with Crippen molar-refractivity contribution in [3.05, 3.63) is 88.8 Å². The Kier molecular flexibility index (Phi) is 4.95. The minimum Gasteiger partial charge on any atom is -0.356 e. The Morgan fingerprint density at radius 1 is 0.880 bits per heavy atom. The van der Waals surface area contributed by atoms with Gasteiger partial charge < -0.3 is 15.2 Å². The van der Waals surface area contributed by atoms with E-state index in [1.54, 1.807) is 12.3 Å². The number of aromatic nitrogens is 1. The Morgan fingerprint density at radius 3 is 2.24 bits per heavy atom. The van der Waals surface area contributed by atoms with Crippen LogP contribution in [0.15, 0.2) is 77.7 Å². The molecule has 0 aliphatic rings. The Morgan fingerprint density at radius 2 is 1.52 bits per heavy atom. The molecule has 3 rings (SSSR count). The summed E-state index contributed by atoms with van der Waals surface area (Å²) in [6.07, 6.45) is 1.68. The molecule has 0 radical (unpaired) electrons. The Balaban J connectivity index is 1.62. The number of pyridine rings is 1. The zero-order valence-electron chi connectivity index (χ0n) is 13.9. The molecule has 5 nitrogen and oxygen atoms in total. The van der Waals surface area contributed by atoms with Gasteiger partial charge in [-0.15, -0.1) is 0 Å². The number of carbonyl (C=O) groups excluding carboxylic acids is 1. The van der Waals surface area contributed by atoms with Gasteiger partial charge in [0, 0.05) is 29.3 Å². The van der Waals surface area contributed by atoms with Gasteiger partial charge in [-0.3, -0.25) is 9.59 Å². The zero-order chi connectivity index (χ0) is 17.6. The van der Waals surface area contributed by atoms with Crippen LogP contribution in [0.3, 0.4) is 0 Å². The second-order valence-electron chi connectivity index (χ2n) is 5.79. The molecule has 5 heteroatoms. The molecule has 0 fully saturated rings. The number of aryl methyl sites for hydroxylation is 1. The van der Waals surface area contributed by atoms with Crippen LogP contribution in [0, 0.1) is 6.92 Å². The van der Waals surface area contributed by atoms with Gasteiger partial charge in [0.1, 0.15) is 6.54 Å². The summed E-state index contributed by atoms with van der Waals surface area (Å²) in [6, 6.07) is 20.5. The van der Waals surface area contributed by atoms with Crippen LogP contribution in [0.5, 0.6) is 0 Å². The maximum atomic E-state index is 12.1. The van der Waals surface area contributed by atoms with Gasteiger partial charge in [0.25, 0.3) is 5.56 Å². The number of rotatable bonds is 5. The Labute approximate surface area is 145 Å². The molecule has 2 N–H and O–H groups in total. The topological polar surface area (TPSA) is 63.1 Å². The highest BCUT2D eigenvalue weighted by Crippen LogP contribution is 2.18. The van der Waals surface area contributed by atoms with E-state index in [0.717, 1.165) is 16.9 Å². The molecular formula is C20H19N3O2. The number of nitrogens with zero attached hydrogens (tertiary/aromatic N) is 1. The predicted octanol–water partition coefficient (Wildman–Crippen LogP) is 3.54. The highest BCUT2D eigenvalue weighted by molar-refractivity contribution is 5.90. The first kappa shape index (κ1) is 16.5. The number of carbonyl (C=O) groups is 1. The number of nitrogens with one attached hydrogen (secondary N) is 2. The zero-order valence-corrected chi connectivity index (χ0v) is 13.9. The van der Waals surface area contributed by atoms with Crippen molar-refractivity contribution >= 4 is 23.0 Å². The fourth-order valence-electron chi connectivity index (χ4n) is 2.45. The van der Waals surface area contributed by atoms with E-state index in [1.807, 2.05) is 61.5 Å². The van der Waals surface area contributed by atoms with Gasteiger partial charge in [-0.05, 0) is 48.9 Å². The molecule has 1 amide bonds. The van der Waals surface area contributed by atoms with Crippen molar-refractivity contribution in [1.29, 1.82) is 0 Å². The van der Waals surface area contributed by atoms with Gasteiger partial charge in [-0.2, -0.15) is 0 Å². The minimum atomic E-state index is -0.239. The van der Waals surface area contributed by atoms with Crippen LogP contribution in [0.4, 0.5) is 17.1 Å². The van der Waals surface area contributed by atoms with E-state index < -0.39 is 0 Å². The largest absolute Gasteiger partial charge is 0.356 e. The number of para-hydroxylation sites is 1. The summed E-state index contributed by atoms with van der Waals surface area (Å²) in [4.78, 5) is 23.9. The maximum absolute atomic E-state index is 12.1. The van der Waals surface area contributed by atoms with Crippen molar-refractivity contribution in [2.45, 2.75) is 13.5 Å². The Hall–Kier alpha value is -3.34. The Bertz CT molecular complexity index is 916. The lowest BCUT2D eigenvalue weighted by atomic mass is 10.2. The van der Waals surface area contributed by atoms with Gasteiger partial charge in [0.05, 0.1) is 0 Å². The molecule has 1 aromatic heterocycles. The molecule has 0 aliphatic heterocycles. The highest BCUT2D eigenvalue weighted by Gasteiger charge is 2.05. The van der Waals surface area contributed by atoms with Crippen LogP contribution in [0.25, 0.3) is 0 Å². The molecule has 0 atom stereocenters. The number of hydrogen-bond acceptors (Lipinski definition) is 3. The summed E-state index contributed by atoms with van der Waals surface area (Å²) < 4.78 is 1.40. The predicted molar refractivity (Wildman–Crippen MR) is 100 cm³/mol. The van der Waals surface area contributed by atoms with Crippen LogP contribution < -0.4 is 16.2 Å². The van der Waals surface area contributed by atoms with Crippen LogP contribution in [0.2, 0.25) is 0 Å². The number of amides is 1. The lowest BCUT2D eigenvalue weighted by molar-refractivity contribution is -0.116. The molecule has 0 bridgehead atoms. The van der Waals surface area contributed by atoms with Crippen molar-refractivity contribution in [2.24, 2.45) is 0 Å². The summed E-state index contributed by atoms with van der Waals surface area (Å²) in [7, 11) is 0. The third-order valence-electron chi connectivity index (χ3n) is 3.68. The lowest BCUT2D eigenvalue weighted by Gasteiger charge is -2.10. The molecule has 3 aromatic rings. The van der Waals surface area contributed by atoms with Gasteiger partial charge in [0.15, 0.2) is 0 Å². The fourth-order valence-corrected chi connectivity index (χ4v) is 2.45. The van der Waals surface area contributed by atoms with E-state index in [4.69, 9.17) is 0 Å². The summed E-state index contributed by atoms with van der Waals surface area (Å²) in [5.74, 6) is -0.239. The first-order valence-electron chi connectivity index (χ1n) is 7.99. The number of anilines is 3. The van der Waals surface area contributed by atoms with E-state index in [1.165, 1.54) is 10.6 Å². The lowest BCUT2D eigenvalue weighted by Crippen LogP contribution is -2.26. The minimum absolute atomic E-state index is 0.00939. The van der Waals surface area contributed by atoms with Crippen molar-refractivity contribution in [3.8, 4) is 0 Å². The summed E-state index contributed by atoms with van der Waals surface area (Å²) in [6.45, 7) is 1.87. The smallest absolute Gasteiger partial charge is 0.251 e. The van der Waals surface area contributed by atoms with Crippen molar-refractivity contribution in [2.75, 3.05) is 10.6 Å². The second-order valence-corrected chi connectivity index (χ2v) is 5.79. The average molecular weight is 333 g/mol. The van der Waals surface area contributed by atoms with Crippen LogP contribution in [-0.2, 0) is 11.3 Å². The first-order chi connectivity index (χ1) is 12.1. The van der Waals surface area contributed by atoms with Gasteiger partial charge >= 0.3 is 0 Å². The molecular weight excluding hydrogens is 314 g/mol. The molecule has 126 valence electrons. The summed E-state index contributed by atoms with van der Waals surface area (Å²) >= 11 is 0. The molecule has 0 saturated heterocycles. The third-order valence-corrected chi connectivity index (χ3v) is 3.68. The number of hydrogen-bond donors (Lipinski definition) is 2. The molecule has 25 heavy (non-hydrogen) atoms. The maximum Gasteiger partial charge on any atom is 0.251 e. The van der Waals surface area contributed by atoms with E-state index in [-0.39, 0.29) is 18.0 Å². The third kappa shape index (κ3) is 4.57. The summed E-state index contributed by atoms with van der Waals surface area (Å²) in [5, 5.41) is 6.08. The van der Waals surface area contributed by atoms with Gasteiger partial charge in [0.2, 0.25) is 5.91 Å². The van der Waals surface area contributed by atoms with Crippen LogP contribution >= 0.6 is 0 Å². The van der Waals surface area contributed by atoms with E-state index in [2.05, 4.69) is 10.6 Å². The standard InChI is InChI=1S/C20H19N3O2/c1-15-7-12-20(25)23(13-15)14-19(24)22-18-10-8-17(9-11-18)21-16-5-3-2-4-6-16/h2-13,21H,14H2,1H3,(H,22,24). The number of benzene rings is 2. The molecule has 0 spiro atoms. The van der Waals surface area contributed by atoms with Crippen molar-refractivity contribution in [3.63, 3.8) is 0 Å². The van der Waals surface area contributed by atoms with E-state index in [0.29, 0.717) is 5.69 Å².